The summed E-state index contributed by atoms with van der Waals surface area (Å²) in [6, 6.07) is 0. The third kappa shape index (κ3) is 31.3. The Hall–Kier alpha value is -0.850. The molecule has 0 spiro atoms. The lowest BCUT2D eigenvalue weighted by molar-refractivity contribution is -0.118. The number of hydrogen-bond acceptors (Lipinski definition) is 1. The van der Waals surface area contributed by atoms with Crippen molar-refractivity contribution in [3.05, 3.63) is 24.3 Å². The number of allylic oxidation sites excluding steroid dienone is 3. The third-order valence-electron chi connectivity index (χ3n) is 1.78. The van der Waals surface area contributed by atoms with Gasteiger partial charge in [0.25, 0.3) is 0 Å². The molecular weight excluding hydrogens is 208 g/mol. The van der Waals surface area contributed by atoms with Gasteiger partial charge in [0, 0.05) is 12.8 Å². The number of ketones is 1. The average Bonchev–Trinajstić information content (AvgIpc) is 2.19. The molecule has 1 nitrogen and oxygen atoms in total. The predicted molar refractivity (Wildman–Crippen MR) is 84.6 cm³/mol. The molecule has 0 aliphatic rings. The molecule has 0 fully saturated rings. The van der Waals surface area contributed by atoms with Crippen LogP contribution in [0.4, 0.5) is 0 Å². The van der Waals surface area contributed by atoms with Crippen molar-refractivity contribution in [2.24, 2.45) is 0 Å². The molecule has 0 radical (unpaired) electrons. The summed E-state index contributed by atoms with van der Waals surface area (Å²) in [6.45, 7) is 11.8. The Labute approximate surface area is 111 Å². The van der Waals surface area contributed by atoms with Gasteiger partial charge in [-0.3, -0.25) is 4.79 Å². The van der Waals surface area contributed by atoms with Crippen molar-refractivity contribution < 1.29 is 4.79 Å². The molecule has 0 aromatic rings. The standard InChI is InChI=1S/C7H12.C6H12O.3CH4/c1-4-6-7(3)5-2;1-3-5-6(7)4-2;;;/h4,6H,3,5H2,1-2H3;3-5H2,1-2H3;3*1H4/b6-4-;;;;. The van der Waals surface area contributed by atoms with Crippen molar-refractivity contribution in [2.75, 3.05) is 0 Å². The summed E-state index contributed by atoms with van der Waals surface area (Å²) in [7, 11) is 0. The molecule has 0 amide bonds. The van der Waals surface area contributed by atoms with E-state index in [4.69, 9.17) is 0 Å². The second-order valence-electron chi connectivity index (χ2n) is 3.15. The Morgan fingerprint density at radius 2 is 1.53 bits per heavy atom. The molecule has 1 heteroatoms. The molecule has 0 saturated heterocycles. The number of carbonyl (C=O) groups excluding carboxylic acids is 1. The minimum absolute atomic E-state index is 0. The quantitative estimate of drug-likeness (QED) is 0.526. The summed E-state index contributed by atoms with van der Waals surface area (Å²) in [6.07, 6.45) is 7.55. The Bertz CT molecular complexity index is 178. The molecule has 0 saturated carbocycles. The number of hydrogen-bond donors (Lipinski definition) is 0. The Balaban J connectivity index is -0.0000000480. The van der Waals surface area contributed by atoms with E-state index in [1.165, 1.54) is 5.57 Å². The average molecular weight is 244 g/mol. The molecule has 17 heavy (non-hydrogen) atoms. The van der Waals surface area contributed by atoms with Crippen LogP contribution >= 0.6 is 0 Å². The van der Waals surface area contributed by atoms with Crippen molar-refractivity contribution in [3.8, 4) is 0 Å². The molecule has 0 aliphatic heterocycles. The van der Waals surface area contributed by atoms with Gasteiger partial charge in [-0.1, -0.05) is 67.4 Å². The van der Waals surface area contributed by atoms with E-state index >= 15 is 0 Å². The van der Waals surface area contributed by atoms with Gasteiger partial charge in [0.15, 0.2) is 0 Å². The summed E-state index contributed by atoms with van der Waals surface area (Å²) in [4.78, 5) is 10.4. The first kappa shape index (κ1) is 29.8. The van der Waals surface area contributed by atoms with E-state index in [0.717, 1.165) is 19.3 Å². The highest BCUT2D eigenvalue weighted by atomic mass is 16.1. The summed E-state index contributed by atoms with van der Waals surface area (Å²) < 4.78 is 0. The van der Waals surface area contributed by atoms with Gasteiger partial charge in [0.1, 0.15) is 5.78 Å². The predicted octanol–water partition coefficient (Wildman–Crippen LogP) is 6.20. The fraction of sp³-hybridized carbons (Fsp3) is 0.688. The second-order valence-corrected chi connectivity index (χ2v) is 3.15. The van der Waals surface area contributed by atoms with Gasteiger partial charge in [0.2, 0.25) is 0 Å². The molecule has 106 valence electrons. The third-order valence-corrected chi connectivity index (χ3v) is 1.78. The normalized spacial score (nSPS) is 7.76. The van der Waals surface area contributed by atoms with E-state index < -0.39 is 0 Å². The van der Waals surface area contributed by atoms with Gasteiger partial charge in [-0.2, -0.15) is 0 Å². The van der Waals surface area contributed by atoms with Crippen molar-refractivity contribution in [2.45, 2.75) is 75.7 Å². The SMILES string of the molecule is C.C.C.C=C(/C=C\C)CC.CCCC(=O)CC. The largest absolute Gasteiger partial charge is 0.300 e. The Morgan fingerprint density at radius 3 is 1.65 bits per heavy atom. The molecule has 0 unspecified atom stereocenters. The lowest BCUT2D eigenvalue weighted by Gasteiger charge is -1.87. The second kappa shape index (κ2) is 24.4. The lowest BCUT2D eigenvalue weighted by atomic mass is 10.2. The van der Waals surface area contributed by atoms with E-state index in [1.54, 1.807) is 0 Å². The zero-order chi connectivity index (χ0) is 11.4. The molecule has 0 heterocycles. The zero-order valence-electron chi connectivity index (χ0n) is 10.1. The van der Waals surface area contributed by atoms with Crippen LogP contribution in [0.3, 0.4) is 0 Å². The highest BCUT2D eigenvalue weighted by Crippen LogP contribution is 1.95. The molecule has 0 aromatic heterocycles. The first-order valence-corrected chi connectivity index (χ1v) is 5.44. The highest BCUT2D eigenvalue weighted by molar-refractivity contribution is 5.77. The van der Waals surface area contributed by atoms with Crippen LogP contribution in [0.15, 0.2) is 24.3 Å². The van der Waals surface area contributed by atoms with E-state index in [-0.39, 0.29) is 22.3 Å². The van der Waals surface area contributed by atoms with Crippen LogP contribution in [-0.4, -0.2) is 5.78 Å². The fourth-order valence-corrected chi connectivity index (χ4v) is 0.809. The van der Waals surface area contributed by atoms with Crippen LogP contribution in [0, 0.1) is 0 Å². The maximum atomic E-state index is 10.4. The van der Waals surface area contributed by atoms with Crippen LogP contribution in [0.25, 0.3) is 0 Å². The smallest absolute Gasteiger partial charge is 0.132 e. The molecular formula is C16H36O. The maximum Gasteiger partial charge on any atom is 0.132 e. The summed E-state index contributed by atoms with van der Waals surface area (Å²) >= 11 is 0. The van der Waals surface area contributed by atoms with Crippen molar-refractivity contribution in [1.29, 1.82) is 0 Å². The summed E-state index contributed by atoms with van der Waals surface area (Å²) in [5, 5.41) is 0. The van der Waals surface area contributed by atoms with E-state index in [9.17, 15) is 4.79 Å². The lowest BCUT2D eigenvalue weighted by Crippen LogP contribution is -1.91. The maximum absolute atomic E-state index is 10.4. The number of carbonyl (C=O) groups is 1. The number of rotatable bonds is 5. The van der Waals surface area contributed by atoms with Crippen LogP contribution in [-0.2, 0) is 4.79 Å². The first-order chi connectivity index (χ1) is 6.62. The van der Waals surface area contributed by atoms with Gasteiger partial charge in [-0.25, -0.2) is 0 Å². The monoisotopic (exact) mass is 244 g/mol. The van der Waals surface area contributed by atoms with Crippen LogP contribution < -0.4 is 0 Å². The van der Waals surface area contributed by atoms with E-state index in [0.29, 0.717) is 12.2 Å². The van der Waals surface area contributed by atoms with Crippen LogP contribution in [0.5, 0.6) is 0 Å². The molecule has 0 aromatic carbocycles. The summed E-state index contributed by atoms with van der Waals surface area (Å²) in [5.74, 6) is 0.377. The highest BCUT2D eigenvalue weighted by Gasteiger charge is 1.91. The minimum atomic E-state index is 0. The van der Waals surface area contributed by atoms with E-state index in [2.05, 4.69) is 13.5 Å². The van der Waals surface area contributed by atoms with Crippen LogP contribution in [0.2, 0.25) is 0 Å². The van der Waals surface area contributed by atoms with Crippen LogP contribution in [0.1, 0.15) is 75.7 Å². The van der Waals surface area contributed by atoms with Gasteiger partial charge >= 0.3 is 0 Å². The topological polar surface area (TPSA) is 17.1 Å². The molecule has 0 bridgehead atoms. The Morgan fingerprint density at radius 1 is 1.06 bits per heavy atom. The zero-order valence-corrected chi connectivity index (χ0v) is 10.1. The Kier molecular flexibility index (Phi) is 42.8. The molecule has 0 rings (SSSR count). The molecule has 0 N–H and O–H groups in total. The van der Waals surface area contributed by atoms with Crippen molar-refractivity contribution in [3.63, 3.8) is 0 Å². The fourth-order valence-electron chi connectivity index (χ4n) is 0.809. The van der Waals surface area contributed by atoms with E-state index in [1.807, 2.05) is 32.9 Å². The molecule has 0 atom stereocenters. The van der Waals surface area contributed by atoms with Gasteiger partial charge in [-0.05, 0) is 19.8 Å². The van der Waals surface area contributed by atoms with Gasteiger partial charge in [-0.15, -0.1) is 0 Å². The molecule has 0 aliphatic carbocycles. The van der Waals surface area contributed by atoms with Gasteiger partial charge < -0.3 is 0 Å². The first-order valence-electron chi connectivity index (χ1n) is 5.44. The minimum Gasteiger partial charge on any atom is -0.300 e. The van der Waals surface area contributed by atoms with Gasteiger partial charge in [0.05, 0.1) is 0 Å². The van der Waals surface area contributed by atoms with Crippen molar-refractivity contribution in [1.82, 2.24) is 0 Å². The number of Topliss-reactive ketones (excluding diaryl/α,β-unsaturated/α-hetero) is 1. The van der Waals surface area contributed by atoms with Crippen molar-refractivity contribution >= 4 is 5.78 Å². The summed E-state index contributed by atoms with van der Waals surface area (Å²) in [5.41, 5.74) is 1.20.